The zero-order valence-electron chi connectivity index (χ0n) is 18.2. The van der Waals surface area contributed by atoms with Gasteiger partial charge in [0.2, 0.25) is 17.7 Å². The minimum absolute atomic E-state index is 0.202. The molecule has 0 spiro atoms. The van der Waals surface area contributed by atoms with Gasteiger partial charge in [-0.25, -0.2) is 4.79 Å². The maximum absolute atomic E-state index is 12.7. The van der Waals surface area contributed by atoms with Gasteiger partial charge in [0, 0.05) is 0 Å². The zero-order chi connectivity index (χ0) is 24.1. The predicted octanol–water partition coefficient (Wildman–Crippen LogP) is -1.48. The van der Waals surface area contributed by atoms with Crippen molar-refractivity contribution in [1.29, 1.82) is 0 Å². The summed E-state index contributed by atoms with van der Waals surface area (Å²) in [7, 11) is 0. The molecule has 31 heavy (non-hydrogen) atoms. The molecule has 9 N–H and O–H groups in total. The molecule has 0 aromatic heterocycles. The largest absolute Gasteiger partial charge is 0.481 e. The molecule has 5 atom stereocenters. The highest BCUT2D eigenvalue weighted by molar-refractivity contribution is 5.94. The van der Waals surface area contributed by atoms with E-state index in [4.69, 9.17) is 16.6 Å². The molecule has 12 nitrogen and oxygen atoms in total. The summed E-state index contributed by atoms with van der Waals surface area (Å²) in [4.78, 5) is 59.2. The molecular formula is C19H35N5O7. The monoisotopic (exact) mass is 445 g/mol. The van der Waals surface area contributed by atoms with Crippen molar-refractivity contribution < 1.29 is 34.2 Å². The number of carbonyl (C=O) groups is 5. The highest BCUT2D eigenvalue weighted by Gasteiger charge is 2.31. The Kier molecular flexibility index (Phi) is 13.0. The van der Waals surface area contributed by atoms with Crippen LogP contribution in [0.1, 0.15) is 52.9 Å². The molecule has 0 aromatic carbocycles. The van der Waals surface area contributed by atoms with Crippen molar-refractivity contribution >= 4 is 29.7 Å². The second-order valence-electron chi connectivity index (χ2n) is 7.49. The summed E-state index contributed by atoms with van der Waals surface area (Å²) in [5.74, 6) is -4.92. The molecule has 12 heteroatoms. The van der Waals surface area contributed by atoms with Crippen molar-refractivity contribution in [2.45, 2.75) is 77.0 Å². The van der Waals surface area contributed by atoms with Crippen molar-refractivity contribution in [3.05, 3.63) is 0 Å². The summed E-state index contributed by atoms with van der Waals surface area (Å²) in [6.07, 6.45) is 1.26. The highest BCUT2D eigenvalue weighted by Crippen LogP contribution is 2.10. The topological polar surface area (TPSA) is 214 Å². The van der Waals surface area contributed by atoms with Crippen LogP contribution < -0.4 is 27.4 Å². The molecule has 0 bridgehead atoms. The van der Waals surface area contributed by atoms with Crippen molar-refractivity contribution in [2.24, 2.45) is 17.4 Å². The van der Waals surface area contributed by atoms with E-state index in [2.05, 4.69) is 16.0 Å². The third-order valence-electron chi connectivity index (χ3n) is 4.84. The van der Waals surface area contributed by atoms with Crippen LogP contribution in [0.4, 0.5) is 0 Å². The van der Waals surface area contributed by atoms with Gasteiger partial charge in [0.15, 0.2) is 0 Å². The maximum Gasteiger partial charge on any atom is 0.326 e. The van der Waals surface area contributed by atoms with E-state index in [-0.39, 0.29) is 12.3 Å². The highest BCUT2D eigenvalue weighted by atomic mass is 16.4. The number of nitrogens with two attached hydrogens (primary N) is 2. The Balaban J connectivity index is 5.12. The molecule has 3 amide bonds. The summed E-state index contributed by atoms with van der Waals surface area (Å²) in [6, 6.07) is -4.56. The van der Waals surface area contributed by atoms with E-state index >= 15 is 0 Å². The minimum atomic E-state index is -1.33. The van der Waals surface area contributed by atoms with Crippen LogP contribution in [-0.2, 0) is 24.0 Å². The SMILES string of the molecule is CCC(C)C(NC(=O)C(C)NC(=O)C(N)CC(=O)O)C(=O)NC(CCCCN)C(=O)O. The molecule has 0 saturated carbocycles. The Morgan fingerprint density at radius 1 is 0.903 bits per heavy atom. The van der Waals surface area contributed by atoms with Gasteiger partial charge < -0.3 is 37.6 Å². The van der Waals surface area contributed by atoms with Crippen LogP contribution in [0, 0.1) is 5.92 Å². The number of amides is 3. The van der Waals surface area contributed by atoms with E-state index < -0.39 is 60.2 Å². The van der Waals surface area contributed by atoms with Gasteiger partial charge in [-0.3, -0.25) is 19.2 Å². The fourth-order valence-electron chi connectivity index (χ4n) is 2.66. The van der Waals surface area contributed by atoms with Crippen LogP contribution in [0.25, 0.3) is 0 Å². The average molecular weight is 446 g/mol. The van der Waals surface area contributed by atoms with E-state index in [0.717, 1.165) is 0 Å². The summed E-state index contributed by atoms with van der Waals surface area (Å²) in [6.45, 7) is 5.30. The quantitative estimate of drug-likeness (QED) is 0.146. The lowest BCUT2D eigenvalue weighted by molar-refractivity contribution is -0.143. The lowest BCUT2D eigenvalue weighted by Gasteiger charge is -2.27. The van der Waals surface area contributed by atoms with Gasteiger partial charge in [-0.05, 0) is 38.6 Å². The van der Waals surface area contributed by atoms with E-state index in [9.17, 15) is 29.1 Å². The first-order chi connectivity index (χ1) is 14.4. The summed E-state index contributed by atoms with van der Waals surface area (Å²) in [5.41, 5.74) is 10.9. The first kappa shape index (κ1) is 28.3. The Labute approximate surface area is 181 Å². The summed E-state index contributed by atoms with van der Waals surface area (Å²) < 4.78 is 0. The zero-order valence-corrected chi connectivity index (χ0v) is 18.2. The molecule has 0 radical (unpaired) electrons. The van der Waals surface area contributed by atoms with Crippen LogP contribution in [0.3, 0.4) is 0 Å². The third-order valence-corrected chi connectivity index (χ3v) is 4.84. The number of nitrogens with one attached hydrogen (secondary N) is 3. The fraction of sp³-hybridized carbons (Fsp3) is 0.737. The van der Waals surface area contributed by atoms with Gasteiger partial charge in [0.25, 0.3) is 0 Å². The first-order valence-corrected chi connectivity index (χ1v) is 10.3. The minimum Gasteiger partial charge on any atom is -0.481 e. The van der Waals surface area contributed by atoms with Crippen LogP contribution in [-0.4, -0.2) is 70.6 Å². The lowest BCUT2D eigenvalue weighted by Crippen LogP contribution is -2.58. The smallest absolute Gasteiger partial charge is 0.326 e. The molecule has 0 aliphatic heterocycles. The second kappa shape index (κ2) is 14.3. The molecule has 0 rings (SSSR count). The number of hydrogen-bond donors (Lipinski definition) is 7. The molecule has 5 unspecified atom stereocenters. The number of carboxylic acid groups (broad SMARTS) is 2. The van der Waals surface area contributed by atoms with Gasteiger partial charge in [0.1, 0.15) is 18.1 Å². The lowest BCUT2D eigenvalue weighted by atomic mass is 9.97. The molecule has 0 aliphatic rings. The molecule has 0 fully saturated rings. The van der Waals surface area contributed by atoms with E-state index in [1.807, 2.05) is 6.92 Å². The molecular weight excluding hydrogens is 410 g/mol. The van der Waals surface area contributed by atoms with Crippen LogP contribution >= 0.6 is 0 Å². The van der Waals surface area contributed by atoms with E-state index in [1.54, 1.807) is 6.92 Å². The van der Waals surface area contributed by atoms with Gasteiger partial charge in [-0.15, -0.1) is 0 Å². The number of aliphatic carboxylic acids is 2. The summed E-state index contributed by atoms with van der Waals surface area (Å²) >= 11 is 0. The van der Waals surface area contributed by atoms with Crippen molar-refractivity contribution in [3.63, 3.8) is 0 Å². The molecule has 0 aliphatic carbocycles. The van der Waals surface area contributed by atoms with Crippen LogP contribution in [0.5, 0.6) is 0 Å². The summed E-state index contributed by atoms with van der Waals surface area (Å²) in [5, 5.41) is 25.3. The molecule has 0 heterocycles. The first-order valence-electron chi connectivity index (χ1n) is 10.3. The number of carbonyl (C=O) groups excluding carboxylic acids is 3. The Hall–Kier alpha value is -2.73. The second-order valence-corrected chi connectivity index (χ2v) is 7.49. The number of hydrogen-bond acceptors (Lipinski definition) is 7. The Morgan fingerprint density at radius 2 is 1.52 bits per heavy atom. The Bertz CT molecular complexity index is 643. The predicted molar refractivity (Wildman–Crippen MR) is 112 cm³/mol. The van der Waals surface area contributed by atoms with Gasteiger partial charge in [-0.2, -0.15) is 0 Å². The molecule has 178 valence electrons. The fourth-order valence-corrected chi connectivity index (χ4v) is 2.66. The normalized spacial score (nSPS) is 15.6. The van der Waals surface area contributed by atoms with Gasteiger partial charge >= 0.3 is 11.9 Å². The van der Waals surface area contributed by atoms with Crippen LogP contribution in [0.15, 0.2) is 0 Å². The molecule has 0 aromatic rings. The van der Waals surface area contributed by atoms with Crippen molar-refractivity contribution in [2.75, 3.05) is 6.54 Å². The molecule has 0 saturated heterocycles. The average Bonchev–Trinajstić information content (AvgIpc) is 2.69. The third kappa shape index (κ3) is 10.7. The van der Waals surface area contributed by atoms with E-state index in [0.29, 0.717) is 25.8 Å². The number of rotatable bonds is 15. The van der Waals surface area contributed by atoms with E-state index in [1.165, 1.54) is 6.92 Å². The van der Waals surface area contributed by atoms with Gasteiger partial charge in [0.05, 0.1) is 12.5 Å². The van der Waals surface area contributed by atoms with Crippen molar-refractivity contribution in [1.82, 2.24) is 16.0 Å². The van der Waals surface area contributed by atoms with Crippen LogP contribution in [0.2, 0.25) is 0 Å². The standard InChI is InChI=1S/C19H35N5O7/c1-4-10(2)15(18(29)23-13(19(30)31)7-5-6-8-20)24-16(27)11(3)22-17(28)12(21)9-14(25)26/h10-13,15H,4-9,20-21H2,1-3H3,(H,22,28)(H,23,29)(H,24,27)(H,25,26)(H,30,31). The van der Waals surface area contributed by atoms with Crippen molar-refractivity contribution in [3.8, 4) is 0 Å². The Morgan fingerprint density at radius 3 is 2.00 bits per heavy atom. The number of carboxylic acids is 2. The number of unbranched alkanes of at least 4 members (excludes halogenated alkanes) is 1. The van der Waals surface area contributed by atoms with Gasteiger partial charge in [-0.1, -0.05) is 20.3 Å². The maximum atomic E-state index is 12.7.